The Labute approximate surface area is 64.7 Å². The number of piperidine rings is 1. The van der Waals surface area contributed by atoms with Crippen molar-refractivity contribution in [3.8, 4) is 0 Å². The molecule has 0 bridgehead atoms. The molecule has 1 rings (SSSR count). The molecule has 5 heteroatoms. The van der Waals surface area contributed by atoms with Gasteiger partial charge < -0.3 is 5.11 Å². The van der Waals surface area contributed by atoms with Crippen LogP contribution in [-0.4, -0.2) is 34.3 Å². The lowest BCUT2D eigenvalue weighted by Crippen LogP contribution is -2.45. The van der Waals surface area contributed by atoms with Crippen LogP contribution >= 0.6 is 0 Å². The van der Waals surface area contributed by atoms with Crippen LogP contribution in [0.3, 0.4) is 0 Å². The molecule has 0 amide bonds. The number of hydrazine groups is 1. The summed E-state index contributed by atoms with van der Waals surface area (Å²) in [6.45, 7) is 0.360. The summed E-state index contributed by atoms with van der Waals surface area (Å²) in [5.74, 6) is 0. The number of nitro groups is 1. The summed E-state index contributed by atoms with van der Waals surface area (Å²) >= 11 is 0. The van der Waals surface area contributed by atoms with Crippen LogP contribution in [0.25, 0.3) is 0 Å². The summed E-state index contributed by atoms with van der Waals surface area (Å²) in [5, 5.41) is 19.8. The highest BCUT2D eigenvalue weighted by atomic mass is 16.7. The lowest BCUT2D eigenvalue weighted by molar-refractivity contribution is -0.667. The Hall–Kier alpha value is -0.840. The Balaban J connectivity index is 2.51. The van der Waals surface area contributed by atoms with Gasteiger partial charge in [0, 0.05) is 0 Å². The van der Waals surface area contributed by atoms with Gasteiger partial charge in [0.25, 0.3) is 0 Å². The van der Waals surface area contributed by atoms with Crippen LogP contribution in [0.4, 0.5) is 0 Å². The van der Waals surface area contributed by atoms with Crippen LogP contribution in [0.2, 0.25) is 0 Å². The molecule has 1 heterocycles. The normalized spacial score (nSPS) is 25.2. The molecule has 0 aromatic rings. The van der Waals surface area contributed by atoms with E-state index in [1.807, 2.05) is 0 Å². The van der Waals surface area contributed by atoms with Crippen molar-refractivity contribution in [1.82, 2.24) is 5.01 Å². The van der Waals surface area contributed by atoms with E-state index in [4.69, 9.17) is 5.11 Å². The molecule has 11 heavy (non-hydrogen) atoms. The van der Waals surface area contributed by atoms with Crippen LogP contribution < -0.4 is 0 Å². The van der Waals surface area contributed by atoms with Gasteiger partial charge in [0.05, 0.1) is 13.2 Å². The first-order chi connectivity index (χ1) is 5.25. The maximum atomic E-state index is 10.3. The molecule has 0 aliphatic carbocycles. The van der Waals surface area contributed by atoms with Crippen molar-refractivity contribution in [1.29, 1.82) is 0 Å². The lowest BCUT2D eigenvalue weighted by atomic mass is 10.1. The van der Waals surface area contributed by atoms with Gasteiger partial charge in [0.1, 0.15) is 6.04 Å². The van der Waals surface area contributed by atoms with Crippen LogP contribution in [0, 0.1) is 10.1 Å². The van der Waals surface area contributed by atoms with E-state index < -0.39 is 5.03 Å². The van der Waals surface area contributed by atoms with Gasteiger partial charge in [0.2, 0.25) is 0 Å². The lowest BCUT2D eigenvalue weighted by Gasteiger charge is -2.26. The molecule has 0 aromatic heterocycles. The summed E-state index contributed by atoms with van der Waals surface area (Å²) in [6, 6.07) is -0.265. The predicted molar refractivity (Wildman–Crippen MR) is 38.4 cm³/mol. The Bertz CT molecular complexity index is 151. The molecule has 1 aliphatic rings. The van der Waals surface area contributed by atoms with E-state index in [-0.39, 0.29) is 12.6 Å². The van der Waals surface area contributed by atoms with Crippen molar-refractivity contribution in [2.45, 2.75) is 25.3 Å². The molecule has 1 fully saturated rings. The predicted octanol–water partition coefficient (Wildman–Crippen LogP) is 0.0249. The minimum absolute atomic E-state index is 0.110. The number of nitrogens with zero attached hydrogens (tertiary/aromatic N) is 2. The first kappa shape index (κ1) is 8.26. The molecule has 0 saturated carbocycles. The van der Waals surface area contributed by atoms with Crippen molar-refractivity contribution in [3.63, 3.8) is 0 Å². The van der Waals surface area contributed by atoms with E-state index >= 15 is 0 Å². The monoisotopic (exact) mass is 160 g/mol. The van der Waals surface area contributed by atoms with Gasteiger partial charge in [0.15, 0.2) is 5.03 Å². The van der Waals surface area contributed by atoms with Crippen molar-refractivity contribution < 1.29 is 10.1 Å². The molecular weight excluding hydrogens is 148 g/mol. The van der Waals surface area contributed by atoms with Crippen LogP contribution in [-0.2, 0) is 0 Å². The maximum Gasteiger partial charge on any atom is 0.160 e. The molecule has 1 unspecified atom stereocenters. The van der Waals surface area contributed by atoms with E-state index in [0.717, 1.165) is 24.3 Å². The van der Waals surface area contributed by atoms with Crippen molar-refractivity contribution >= 4 is 0 Å². The zero-order chi connectivity index (χ0) is 8.27. The topological polar surface area (TPSA) is 66.6 Å². The number of rotatable bonds is 2. The van der Waals surface area contributed by atoms with Gasteiger partial charge >= 0.3 is 0 Å². The van der Waals surface area contributed by atoms with Crippen LogP contribution in [0.5, 0.6) is 0 Å². The van der Waals surface area contributed by atoms with E-state index in [2.05, 4.69) is 0 Å². The smallest absolute Gasteiger partial charge is 0.160 e. The third kappa shape index (κ3) is 1.80. The molecule has 5 nitrogen and oxygen atoms in total. The third-order valence-corrected chi connectivity index (χ3v) is 2.02. The summed E-state index contributed by atoms with van der Waals surface area (Å²) in [6.07, 6.45) is 2.57. The summed E-state index contributed by atoms with van der Waals surface area (Å²) in [7, 11) is 0. The highest BCUT2D eigenvalue weighted by molar-refractivity contribution is 4.69. The number of hydrogen-bond acceptors (Lipinski definition) is 3. The quantitative estimate of drug-likeness (QED) is 0.457. The molecule has 0 radical (unpaired) electrons. The fourth-order valence-electron chi connectivity index (χ4n) is 1.39. The molecule has 0 spiro atoms. The first-order valence-electron chi connectivity index (χ1n) is 3.77. The Morgan fingerprint density at radius 2 is 2.36 bits per heavy atom. The van der Waals surface area contributed by atoms with Gasteiger partial charge in [-0.3, -0.25) is 0 Å². The molecule has 64 valence electrons. The molecule has 1 aliphatic heterocycles. The average Bonchev–Trinajstić information content (AvgIpc) is 2.04. The fourth-order valence-corrected chi connectivity index (χ4v) is 1.39. The van der Waals surface area contributed by atoms with E-state index in [1.165, 1.54) is 0 Å². The SMILES string of the molecule is O=[N+]([O-])N1CCCCC1CO. The van der Waals surface area contributed by atoms with Crippen LogP contribution in [0.1, 0.15) is 19.3 Å². The largest absolute Gasteiger partial charge is 0.394 e. The van der Waals surface area contributed by atoms with Gasteiger partial charge in [-0.05, 0) is 19.3 Å². The zero-order valence-corrected chi connectivity index (χ0v) is 6.27. The molecule has 1 atom stereocenters. The first-order valence-corrected chi connectivity index (χ1v) is 3.77. The molecule has 0 aromatic carbocycles. The average molecular weight is 160 g/mol. The second-order valence-electron chi connectivity index (χ2n) is 2.73. The Morgan fingerprint density at radius 1 is 1.64 bits per heavy atom. The van der Waals surface area contributed by atoms with Crippen LogP contribution in [0.15, 0.2) is 0 Å². The number of hydrogen-bond donors (Lipinski definition) is 1. The summed E-state index contributed by atoms with van der Waals surface area (Å²) in [4.78, 5) is 10.3. The number of aliphatic hydroxyl groups excluding tert-OH is 1. The fraction of sp³-hybridized carbons (Fsp3) is 1.00. The van der Waals surface area contributed by atoms with E-state index in [1.54, 1.807) is 0 Å². The third-order valence-electron chi connectivity index (χ3n) is 2.02. The standard InChI is InChI=1S/C6H12N2O3/c9-5-6-3-1-2-4-7(6)8(10)11/h6,9H,1-5H2. The van der Waals surface area contributed by atoms with E-state index in [0.29, 0.717) is 6.54 Å². The summed E-state index contributed by atoms with van der Waals surface area (Å²) in [5.41, 5.74) is 0. The van der Waals surface area contributed by atoms with E-state index in [9.17, 15) is 10.1 Å². The minimum atomic E-state index is -0.417. The Kier molecular flexibility index (Phi) is 2.64. The second kappa shape index (κ2) is 3.52. The van der Waals surface area contributed by atoms with Gasteiger partial charge in [-0.25, -0.2) is 10.1 Å². The minimum Gasteiger partial charge on any atom is -0.394 e. The highest BCUT2D eigenvalue weighted by Gasteiger charge is 2.28. The summed E-state index contributed by atoms with van der Waals surface area (Å²) < 4.78 is 0. The zero-order valence-electron chi connectivity index (χ0n) is 6.27. The van der Waals surface area contributed by atoms with Crippen molar-refractivity contribution in [3.05, 3.63) is 10.1 Å². The molecule has 1 saturated heterocycles. The van der Waals surface area contributed by atoms with Gasteiger partial charge in [-0.2, -0.15) is 0 Å². The maximum absolute atomic E-state index is 10.3. The number of aliphatic hydroxyl groups is 1. The molecular formula is C6H12N2O3. The van der Waals surface area contributed by atoms with Crippen molar-refractivity contribution in [2.75, 3.05) is 13.2 Å². The Morgan fingerprint density at radius 3 is 2.82 bits per heavy atom. The second-order valence-corrected chi connectivity index (χ2v) is 2.73. The van der Waals surface area contributed by atoms with Crippen molar-refractivity contribution in [2.24, 2.45) is 0 Å². The molecule has 1 N–H and O–H groups in total. The highest BCUT2D eigenvalue weighted by Crippen LogP contribution is 2.15. The van der Waals surface area contributed by atoms with Gasteiger partial charge in [-0.15, -0.1) is 5.01 Å². The van der Waals surface area contributed by atoms with Gasteiger partial charge in [-0.1, -0.05) is 0 Å².